The van der Waals surface area contributed by atoms with Crippen molar-refractivity contribution in [1.82, 2.24) is 0 Å². The predicted octanol–water partition coefficient (Wildman–Crippen LogP) is 9.79. The maximum Gasteiger partial charge on any atom is 0.0396 e. The van der Waals surface area contributed by atoms with Gasteiger partial charge in [-0.05, 0) is 48.3 Å². The smallest absolute Gasteiger partial charge is 0.0396 e. The van der Waals surface area contributed by atoms with Crippen molar-refractivity contribution < 1.29 is 0 Å². The highest BCUT2D eigenvalue weighted by atomic mass is 14.6. The van der Waals surface area contributed by atoms with E-state index in [9.17, 15) is 0 Å². The van der Waals surface area contributed by atoms with Crippen molar-refractivity contribution in [2.24, 2.45) is 0 Å². The largest absolute Gasteiger partial charge is 0.398 e. The van der Waals surface area contributed by atoms with Crippen LogP contribution in [0.2, 0.25) is 0 Å². The van der Waals surface area contributed by atoms with Crippen LogP contribution in [0, 0.1) is 0 Å². The number of unbranched alkanes of at least 4 members (excludes halogenated alkanes) is 14. The molecule has 0 bridgehead atoms. The first-order valence-corrected chi connectivity index (χ1v) is 13.6. The Labute approximate surface area is 193 Å². The summed E-state index contributed by atoms with van der Waals surface area (Å²) >= 11 is 0. The minimum atomic E-state index is 0.961. The molecule has 0 aromatic heterocycles. The molecule has 0 unspecified atom stereocenters. The Morgan fingerprint density at radius 3 is 1.52 bits per heavy atom. The highest BCUT2D eigenvalue weighted by molar-refractivity contribution is 5.97. The topological polar surface area (TPSA) is 26.0 Å². The standard InChI is InChI=1S/C30H49N/c1-3-5-7-9-11-12-13-14-16-17-20-26-24-25-27(21-18-15-10-8-6-4-2)30-28(26)22-19-23-29(30)31/h19,22-25H,3-18,20-21,31H2,1-2H3. The molecule has 0 aliphatic carbocycles. The minimum Gasteiger partial charge on any atom is -0.398 e. The van der Waals surface area contributed by atoms with Crippen molar-refractivity contribution in [3.8, 4) is 0 Å². The molecule has 0 fully saturated rings. The molecule has 0 saturated heterocycles. The van der Waals surface area contributed by atoms with E-state index in [-0.39, 0.29) is 0 Å². The number of anilines is 1. The number of hydrogen-bond donors (Lipinski definition) is 1. The molecular formula is C30H49N. The van der Waals surface area contributed by atoms with Crippen LogP contribution >= 0.6 is 0 Å². The maximum absolute atomic E-state index is 6.45. The van der Waals surface area contributed by atoms with Crippen LogP contribution in [0.25, 0.3) is 10.8 Å². The number of aryl methyl sites for hydroxylation is 2. The summed E-state index contributed by atoms with van der Waals surface area (Å²) < 4.78 is 0. The second-order valence-electron chi connectivity index (χ2n) is 9.60. The van der Waals surface area contributed by atoms with Crippen LogP contribution in [0.15, 0.2) is 30.3 Å². The normalized spacial score (nSPS) is 11.4. The molecular weight excluding hydrogens is 374 g/mol. The SMILES string of the molecule is CCCCCCCCCCCCc1ccc(CCCCCCCC)c2c(N)cccc12. The van der Waals surface area contributed by atoms with Crippen LogP contribution in [0.3, 0.4) is 0 Å². The van der Waals surface area contributed by atoms with Gasteiger partial charge in [0, 0.05) is 11.1 Å². The molecule has 0 amide bonds. The molecule has 2 N–H and O–H groups in total. The summed E-state index contributed by atoms with van der Waals surface area (Å²) in [4.78, 5) is 0. The molecule has 2 aromatic carbocycles. The molecule has 0 radical (unpaired) electrons. The van der Waals surface area contributed by atoms with Crippen LogP contribution in [0.1, 0.15) is 128 Å². The third-order valence-electron chi connectivity index (χ3n) is 6.85. The predicted molar refractivity (Wildman–Crippen MR) is 141 cm³/mol. The minimum absolute atomic E-state index is 0.961. The van der Waals surface area contributed by atoms with Gasteiger partial charge in [-0.15, -0.1) is 0 Å². The number of nitrogen functional groups attached to an aromatic ring is 1. The zero-order valence-electron chi connectivity index (χ0n) is 20.7. The van der Waals surface area contributed by atoms with E-state index in [0.717, 1.165) is 12.1 Å². The van der Waals surface area contributed by atoms with Crippen LogP contribution < -0.4 is 5.73 Å². The fraction of sp³-hybridized carbons (Fsp3) is 0.667. The van der Waals surface area contributed by atoms with E-state index in [4.69, 9.17) is 5.73 Å². The Bertz CT molecular complexity index is 718. The number of nitrogens with two attached hydrogens (primary N) is 1. The zero-order chi connectivity index (χ0) is 22.2. The molecule has 174 valence electrons. The average molecular weight is 424 g/mol. The third kappa shape index (κ3) is 9.67. The van der Waals surface area contributed by atoms with Crippen molar-refractivity contribution in [2.45, 2.75) is 129 Å². The Kier molecular flexibility index (Phi) is 13.4. The highest BCUT2D eigenvalue weighted by Crippen LogP contribution is 2.30. The summed E-state index contributed by atoms with van der Waals surface area (Å²) in [5, 5.41) is 2.74. The van der Waals surface area contributed by atoms with Crippen LogP contribution in [0.4, 0.5) is 5.69 Å². The molecule has 0 aliphatic rings. The molecule has 31 heavy (non-hydrogen) atoms. The second kappa shape index (κ2) is 16.2. The van der Waals surface area contributed by atoms with Gasteiger partial charge in [-0.2, -0.15) is 0 Å². The lowest BCUT2D eigenvalue weighted by atomic mass is 9.92. The zero-order valence-corrected chi connectivity index (χ0v) is 20.7. The lowest BCUT2D eigenvalue weighted by molar-refractivity contribution is 0.556. The average Bonchev–Trinajstić information content (AvgIpc) is 2.78. The number of hydrogen-bond acceptors (Lipinski definition) is 1. The fourth-order valence-electron chi connectivity index (χ4n) is 4.90. The Morgan fingerprint density at radius 2 is 0.968 bits per heavy atom. The van der Waals surface area contributed by atoms with E-state index in [1.54, 1.807) is 0 Å². The first-order chi connectivity index (χ1) is 15.3. The lowest BCUT2D eigenvalue weighted by Crippen LogP contribution is -1.97. The summed E-state index contributed by atoms with van der Waals surface area (Å²) in [6.45, 7) is 4.58. The van der Waals surface area contributed by atoms with E-state index in [1.165, 1.54) is 131 Å². The maximum atomic E-state index is 6.45. The van der Waals surface area contributed by atoms with Gasteiger partial charge in [-0.1, -0.05) is 128 Å². The first kappa shape index (κ1) is 25.8. The molecule has 0 spiro atoms. The molecule has 2 rings (SSSR count). The van der Waals surface area contributed by atoms with E-state index in [2.05, 4.69) is 44.2 Å². The molecule has 0 saturated carbocycles. The van der Waals surface area contributed by atoms with Gasteiger partial charge in [-0.3, -0.25) is 0 Å². The molecule has 1 heteroatoms. The van der Waals surface area contributed by atoms with Gasteiger partial charge in [-0.25, -0.2) is 0 Å². The van der Waals surface area contributed by atoms with Gasteiger partial charge in [0.1, 0.15) is 0 Å². The second-order valence-corrected chi connectivity index (χ2v) is 9.60. The Morgan fingerprint density at radius 1 is 0.516 bits per heavy atom. The quantitative estimate of drug-likeness (QED) is 0.187. The fourth-order valence-corrected chi connectivity index (χ4v) is 4.90. The van der Waals surface area contributed by atoms with Gasteiger partial charge >= 0.3 is 0 Å². The van der Waals surface area contributed by atoms with E-state index < -0.39 is 0 Å². The number of benzene rings is 2. The van der Waals surface area contributed by atoms with Crippen molar-refractivity contribution in [3.63, 3.8) is 0 Å². The van der Waals surface area contributed by atoms with E-state index in [0.29, 0.717) is 0 Å². The van der Waals surface area contributed by atoms with Gasteiger partial charge in [0.25, 0.3) is 0 Å². The van der Waals surface area contributed by atoms with Crippen molar-refractivity contribution >= 4 is 16.5 Å². The van der Waals surface area contributed by atoms with Gasteiger partial charge in [0.05, 0.1) is 0 Å². The number of fused-ring (bicyclic) bond motifs is 1. The molecule has 1 nitrogen and oxygen atoms in total. The summed E-state index contributed by atoms with van der Waals surface area (Å²) in [5.41, 5.74) is 10.4. The molecule has 2 aromatic rings. The Balaban J connectivity index is 1.79. The third-order valence-corrected chi connectivity index (χ3v) is 6.85. The molecule has 0 atom stereocenters. The summed E-state index contributed by atoms with van der Waals surface area (Å²) in [7, 11) is 0. The molecule has 0 heterocycles. The summed E-state index contributed by atoms with van der Waals surface area (Å²) in [6, 6.07) is 11.3. The van der Waals surface area contributed by atoms with E-state index >= 15 is 0 Å². The highest BCUT2D eigenvalue weighted by Gasteiger charge is 2.09. The van der Waals surface area contributed by atoms with Crippen LogP contribution in [-0.2, 0) is 12.8 Å². The van der Waals surface area contributed by atoms with Crippen LogP contribution in [-0.4, -0.2) is 0 Å². The summed E-state index contributed by atoms with van der Waals surface area (Å²) in [6.07, 6.45) is 24.4. The van der Waals surface area contributed by atoms with Crippen molar-refractivity contribution in [3.05, 3.63) is 41.5 Å². The molecule has 0 aliphatic heterocycles. The van der Waals surface area contributed by atoms with Gasteiger partial charge in [0.2, 0.25) is 0 Å². The Hall–Kier alpha value is -1.50. The van der Waals surface area contributed by atoms with E-state index in [1.807, 2.05) is 0 Å². The van der Waals surface area contributed by atoms with Crippen molar-refractivity contribution in [1.29, 1.82) is 0 Å². The van der Waals surface area contributed by atoms with Gasteiger partial charge in [0.15, 0.2) is 0 Å². The van der Waals surface area contributed by atoms with Crippen LogP contribution in [0.5, 0.6) is 0 Å². The number of rotatable bonds is 18. The first-order valence-electron chi connectivity index (χ1n) is 13.6. The van der Waals surface area contributed by atoms with Gasteiger partial charge < -0.3 is 5.73 Å². The van der Waals surface area contributed by atoms with Crippen molar-refractivity contribution in [2.75, 3.05) is 5.73 Å². The monoisotopic (exact) mass is 423 g/mol. The lowest BCUT2D eigenvalue weighted by Gasteiger charge is -2.14. The summed E-state index contributed by atoms with van der Waals surface area (Å²) in [5.74, 6) is 0.